The maximum absolute atomic E-state index is 14.3. The predicted octanol–water partition coefficient (Wildman–Crippen LogP) is 6.73. The zero-order valence-electron chi connectivity index (χ0n) is 30.0. The van der Waals surface area contributed by atoms with Crippen LogP contribution in [0.4, 0.5) is 0 Å². The molecule has 2 aliphatic heterocycles. The Morgan fingerprint density at radius 3 is 2.13 bits per heavy atom. The Balaban J connectivity index is 1.13. The van der Waals surface area contributed by atoms with Crippen LogP contribution in [0.5, 0.6) is 11.5 Å². The molecule has 7 rings (SSSR count). The molecule has 0 bridgehead atoms. The van der Waals surface area contributed by atoms with Crippen molar-refractivity contribution in [2.24, 2.45) is 17.8 Å². The van der Waals surface area contributed by atoms with E-state index in [1.165, 1.54) is 10.5 Å². The van der Waals surface area contributed by atoms with E-state index in [1.807, 2.05) is 91.0 Å². The molecule has 53 heavy (non-hydrogen) atoms. The lowest BCUT2D eigenvalue weighted by atomic mass is 9.68. The number of phenols is 1. The Labute approximate surface area is 311 Å². The number of hydrogen-bond donors (Lipinski definition) is 3. The van der Waals surface area contributed by atoms with Gasteiger partial charge in [0.15, 0.2) is 0 Å². The molecular weight excluding hydrogens is 665 g/mol. The van der Waals surface area contributed by atoms with Crippen molar-refractivity contribution < 1.29 is 29.6 Å². The number of phenolic OH excluding ortho intramolecular Hbond substituents is 1. The molecule has 0 unspecified atom stereocenters. The van der Waals surface area contributed by atoms with Crippen LogP contribution in [0.3, 0.4) is 0 Å². The SMILES string of the molecule is O=C1[C@@H]2[C@@H](CC(COc3ccccc3)=C([C@H](O)CC/C(=C/c3ccc(O)cc3)c3ccccc3)[C@@H]2CO)C(=O)N1C1CCN(Cc2ccccc2)CC1. The molecular formula is C45H48N2O6. The largest absolute Gasteiger partial charge is 0.508 e. The number of hydrogen-bond acceptors (Lipinski definition) is 7. The van der Waals surface area contributed by atoms with E-state index in [9.17, 15) is 24.9 Å². The van der Waals surface area contributed by atoms with Crippen molar-refractivity contribution in [2.75, 3.05) is 26.3 Å². The summed E-state index contributed by atoms with van der Waals surface area (Å²) in [6.45, 7) is 2.19. The first-order valence-electron chi connectivity index (χ1n) is 18.8. The van der Waals surface area contributed by atoms with Gasteiger partial charge in [0.25, 0.3) is 0 Å². The fourth-order valence-electron chi connectivity index (χ4n) is 8.51. The van der Waals surface area contributed by atoms with Gasteiger partial charge in [-0.05, 0) is 89.8 Å². The molecule has 8 nitrogen and oxygen atoms in total. The topological polar surface area (TPSA) is 111 Å². The highest BCUT2D eigenvalue weighted by Gasteiger charge is 2.56. The van der Waals surface area contributed by atoms with E-state index < -0.39 is 23.9 Å². The number of imide groups is 1. The second-order valence-corrected chi connectivity index (χ2v) is 14.5. The van der Waals surface area contributed by atoms with Gasteiger partial charge in [0.2, 0.25) is 11.8 Å². The fourth-order valence-corrected chi connectivity index (χ4v) is 8.51. The van der Waals surface area contributed by atoms with E-state index in [2.05, 4.69) is 23.1 Å². The molecule has 0 aromatic heterocycles. The van der Waals surface area contributed by atoms with Crippen LogP contribution < -0.4 is 4.74 Å². The first kappa shape index (κ1) is 36.3. The number of carbonyl (C=O) groups is 2. The quantitative estimate of drug-likeness (QED) is 0.0802. The van der Waals surface area contributed by atoms with Crippen molar-refractivity contribution in [3.05, 3.63) is 143 Å². The van der Waals surface area contributed by atoms with Crippen molar-refractivity contribution in [3.63, 3.8) is 0 Å². The minimum Gasteiger partial charge on any atom is -0.508 e. The van der Waals surface area contributed by atoms with Crippen molar-refractivity contribution in [1.82, 2.24) is 9.80 Å². The number of fused-ring (bicyclic) bond motifs is 1. The Kier molecular flexibility index (Phi) is 11.5. The highest BCUT2D eigenvalue weighted by Crippen LogP contribution is 2.47. The number of ether oxygens (including phenoxy) is 1. The Morgan fingerprint density at radius 1 is 0.830 bits per heavy atom. The second-order valence-electron chi connectivity index (χ2n) is 14.5. The summed E-state index contributed by atoms with van der Waals surface area (Å²) in [6, 6.07) is 36.5. The number of likely N-dealkylation sites (tertiary alicyclic amines) is 2. The smallest absolute Gasteiger partial charge is 0.234 e. The molecule has 4 aromatic rings. The molecule has 4 atom stereocenters. The molecule has 0 saturated carbocycles. The molecule has 0 radical (unpaired) electrons. The van der Waals surface area contributed by atoms with Crippen LogP contribution in [-0.4, -0.2) is 75.4 Å². The van der Waals surface area contributed by atoms with Gasteiger partial charge >= 0.3 is 0 Å². The first-order chi connectivity index (χ1) is 25.9. The molecule has 3 aliphatic rings. The molecule has 0 spiro atoms. The van der Waals surface area contributed by atoms with Gasteiger partial charge in [0, 0.05) is 31.6 Å². The van der Waals surface area contributed by atoms with Gasteiger partial charge in [0.05, 0.1) is 24.5 Å². The van der Waals surface area contributed by atoms with E-state index in [0.717, 1.165) is 41.9 Å². The summed E-state index contributed by atoms with van der Waals surface area (Å²) in [6.07, 6.45) is 3.62. The monoisotopic (exact) mass is 712 g/mol. The molecule has 2 fully saturated rings. The summed E-state index contributed by atoms with van der Waals surface area (Å²) in [5.41, 5.74) is 5.56. The summed E-state index contributed by atoms with van der Waals surface area (Å²) in [5.74, 6) is -1.60. The number of amides is 2. The lowest BCUT2D eigenvalue weighted by Gasteiger charge is -2.37. The number of allylic oxidation sites excluding steroid dienone is 1. The molecule has 1 aliphatic carbocycles. The van der Waals surface area contributed by atoms with E-state index in [0.29, 0.717) is 43.4 Å². The zero-order valence-corrected chi connectivity index (χ0v) is 30.0. The van der Waals surface area contributed by atoms with Crippen LogP contribution in [0.25, 0.3) is 11.6 Å². The van der Waals surface area contributed by atoms with Crippen LogP contribution in [0.2, 0.25) is 0 Å². The minimum absolute atomic E-state index is 0.143. The number of rotatable bonds is 13. The van der Waals surface area contributed by atoms with Crippen LogP contribution in [0, 0.1) is 17.8 Å². The maximum Gasteiger partial charge on any atom is 0.234 e. The lowest BCUT2D eigenvalue weighted by molar-refractivity contribution is -0.144. The van der Waals surface area contributed by atoms with E-state index in [1.54, 1.807) is 12.1 Å². The number of benzene rings is 4. The number of aliphatic hydroxyl groups excluding tert-OH is 2. The highest BCUT2D eigenvalue weighted by molar-refractivity contribution is 6.06. The normalized spacial score (nSPS) is 21.9. The van der Waals surface area contributed by atoms with Gasteiger partial charge in [-0.1, -0.05) is 97.1 Å². The number of para-hydroxylation sites is 1. The first-order valence-corrected chi connectivity index (χ1v) is 18.8. The van der Waals surface area contributed by atoms with Crippen molar-refractivity contribution >= 4 is 23.5 Å². The third-order valence-corrected chi connectivity index (χ3v) is 11.2. The molecule has 2 amide bonds. The van der Waals surface area contributed by atoms with Gasteiger partial charge in [-0.2, -0.15) is 0 Å². The van der Waals surface area contributed by atoms with Crippen LogP contribution in [-0.2, 0) is 16.1 Å². The standard InChI is InChI=1S/C45H48N2O6/c48-29-40-42(41(50)21-18-34(33-12-6-2-7-13-33)26-31-16-19-37(49)20-17-31)35(30-53-38-14-8-3-9-15-38)27-39-43(40)45(52)47(44(39)51)36-22-24-46(25-23-36)28-32-10-4-1-5-11-32/h1-17,19-20,26,36,39-41,43,48-50H,18,21-25,27-30H2/b34-26-/t39-,40+,41-,43-/m1/s1. The molecule has 2 saturated heterocycles. The van der Waals surface area contributed by atoms with E-state index in [4.69, 9.17) is 4.74 Å². The second kappa shape index (κ2) is 16.8. The summed E-state index contributed by atoms with van der Waals surface area (Å²) >= 11 is 0. The predicted molar refractivity (Wildman–Crippen MR) is 205 cm³/mol. The van der Waals surface area contributed by atoms with E-state index >= 15 is 0 Å². The molecule has 4 aromatic carbocycles. The average molecular weight is 713 g/mol. The number of aromatic hydroxyl groups is 1. The molecule has 2 heterocycles. The zero-order chi connectivity index (χ0) is 36.7. The van der Waals surface area contributed by atoms with Crippen LogP contribution in [0.1, 0.15) is 48.8 Å². The van der Waals surface area contributed by atoms with Crippen LogP contribution in [0.15, 0.2) is 126 Å². The summed E-state index contributed by atoms with van der Waals surface area (Å²) in [7, 11) is 0. The maximum atomic E-state index is 14.3. The van der Waals surface area contributed by atoms with E-state index in [-0.39, 0.29) is 36.8 Å². The Morgan fingerprint density at radius 2 is 1.47 bits per heavy atom. The third kappa shape index (κ3) is 8.31. The van der Waals surface area contributed by atoms with Gasteiger partial charge in [-0.15, -0.1) is 0 Å². The average Bonchev–Trinajstić information content (AvgIpc) is 3.45. The number of piperidine rings is 1. The molecule has 3 N–H and O–H groups in total. The van der Waals surface area contributed by atoms with Gasteiger partial charge in [-0.3, -0.25) is 19.4 Å². The lowest BCUT2D eigenvalue weighted by Crippen LogP contribution is -2.47. The Hall–Kier alpha value is -5.02. The molecule has 274 valence electrons. The summed E-state index contributed by atoms with van der Waals surface area (Å²) in [5, 5.41) is 32.9. The van der Waals surface area contributed by atoms with Gasteiger partial charge in [0.1, 0.15) is 18.1 Å². The third-order valence-electron chi connectivity index (χ3n) is 11.2. The van der Waals surface area contributed by atoms with Crippen molar-refractivity contribution in [3.8, 4) is 11.5 Å². The van der Waals surface area contributed by atoms with Gasteiger partial charge in [-0.25, -0.2) is 0 Å². The van der Waals surface area contributed by atoms with Crippen molar-refractivity contribution in [1.29, 1.82) is 0 Å². The highest BCUT2D eigenvalue weighted by atomic mass is 16.5. The summed E-state index contributed by atoms with van der Waals surface area (Å²) in [4.78, 5) is 32.4. The Bertz CT molecular complexity index is 1900. The minimum atomic E-state index is -0.979. The van der Waals surface area contributed by atoms with Crippen LogP contribution >= 0.6 is 0 Å². The number of carbonyl (C=O) groups excluding carboxylic acids is 2. The number of aliphatic hydroxyl groups is 2. The van der Waals surface area contributed by atoms with Crippen molar-refractivity contribution in [2.45, 2.75) is 50.8 Å². The summed E-state index contributed by atoms with van der Waals surface area (Å²) < 4.78 is 6.22. The fraction of sp³-hybridized carbons (Fsp3) is 0.333. The number of nitrogens with zero attached hydrogens (tertiary/aromatic N) is 2. The van der Waals surface area contributed by atoms with Gasteiger partial charge < -0.3 is 20.1 Å². The molecule has 8 heteroatoms.